The predicted molar refractivity (Wildman–Crippen MR) is 87.4 cm³/mol. The molecule has 2 aromatic heterocycles. The molecule has 3 heterocycles. The van der Waals surface area contributed by atoms with Gasteiger partial charge < -0.3 is 14.3 Å². The topological polar surface area (TPSA) is 79.2 Å². The summed E-state index contributed by atoms with van der Waals surface area (Å²) in [6.45, 7) is 0.690. The number of carbonyl (C=O) groups excluding carboxylic acids is 1. The average Bonchev–Trinajstić information content (AvgIpc) is 3.16. The summed E-state index contributed by atoms with van der Waals surface area (Å²) in [4.78, 5) is 33.7. The first-order chi connectivity index (χ1) is 12.1. The Morgan fingerprint density at radius 3 is 2.76 bits per heavy atom. The minimum Gasteiger partial charge on any atom is -0.472 e. The number of halogens is 1. The molecule has 1 aromatic carbocycles. The van der Waals surface area contributed by atoms with Crippen LogP contribution >= 0.6 is 0 Å². The van der Waals surface area contributed by atoms with E-state index in [0.29, 0.717) is 41.2 Å². The maximum Gasteiger partial charge on any atom is 0.257 e. The highest BCUT2D eigenvalue weighted by molar-refractivity contribution is 5.93. The van der Waals surface area contributed by atoms with Gasteiger partial charge in [-0.15, -0.1) is 0 Å². The minimum absolute atomic E-state index is 0.162. The summed E-state index contributed by atoms with van der Waals surface area (Å²) in [5.41, 5.74) is 2.00. The van der Waals surface area contributed by atoms with Crippen LogP contribution in [0, 0.1) is 5.82 Å². The average molecular weight is 339 g/mol. The Balaban J connectivity index is 1.68. The van der Waals surface area contributed by atoms with Crippen molar-refractivity contribution in [3.63, 3.8) is 0 Å². The van der Waals surface area contributed by atoms with Crippen LogP contribution in [0.4, 0.5) is 4.39 Å². The molecule has 0 bridgehead atoms. The molecule has 4 rings (SSSR count). The van der Waals surface area contributed by atoms with Gasteiger partial charge in [-0.3, -0.25) is 9.59 Å². The third-order valence-electron chi connectivity index (χ3n) is 4.25. The number of aromatic amines is 1. The molecular weight excluding hydrogens is 325 g/mol. The van der Waals surface area contributed by atoms with Crippen LogP contribution in [0.3, 0.4) is 0 Å². The summed E-state index contributed by atoms with van der Waals surface area (Å²) in [5, 5.41) is 0. The summed E-state index contributed by atoms with van der Waals surface area (Å²) >= 11 is 0. The van der Waals surface area contributed by atoms with Crippen molar-refractivity contribution < 1.29 is 13.6 Å². The smallest absolute Gasteiger partial charge is 0.257 e. The second-order valence-electron chi connectivity index (χ2n) is 5.84. The molecule has 6 nitrogen and oxygen atoms in total. The Hall–Kier alpha value is -3.22. The van der Waals surface area contributed by atoms with Crippen molar-refractivity contribution in [2.75, 3.05) is 6.54 Å². The molecule has 1 aliphatic rings. The Labute approximate surface area is 141 Å². The summed E-state index contributed by atoms with van der Waals surface area (Å²) in [5.74, 6) is -0.160. The van der Waals surface area contributed by atoms with Crippen molar-refractivity contribution in [3.8, 4) is 11.4 Å². The largest absolute Gasteiger partial charge is 0.472 e. The third kappa shape index (κ3) is 2.84. The van der Waals surface area contributed by atoms with Gasteiger partial charge in [-0.1, -0.05) is 0 Å². The lowest BCUT2D eigenvalue weighted by Crippen LogP contribution is -2.39. The molecule has 7 heteroatoms. The van der Waals surface area contributed by atoms with Gasteiger partial charge in [0.15, 0.2) is 0 Å². The first-order valence-corrected chi connectivity index (χ1v) is 7.81. The van der Waals surface area contributed by atoms with Gasteiger partial charge in [0, 0.05) is 17.7 Å². The Bertz CT molecular complexity index is 978. The Kier molecular flexibility index (Phi) is 3.68. The number of amides is 1. The van der Waals surface area contributed by atoms with E-state index < -0.39 is 0 Å². The van der Waals surface area contributed by atoms with Gasteiger partial charge in [0.1, 0.15) is 17.9 Å². The number of rotatable bonds is 2. The number of nitrogens with one attached hydrogen (secondary N) is 1. The van der Waals surface area contributed by atoms with E-state index in [1.807, 2.05) is 0 Å². The molecule has 126 valence electrons. The lowest BCUT2D eigenvalue weighted by Gasteiger charge is -2.27. The van der Waals surface area contributed by atoms with E-state index in [0.717, 1.165) is 0 Å². The van der Waals surface area contributed by atoms with E-state index in [1.165, 1.54) is 24.7 Å². The number of aromatic nitrogens is 2. The number of H-pyrrole nitrogens is 1. The standard InChI is InChI=1S/C18H14FN3O3/c19-13-3-1-11(2-4-13)16-20-15-9-22(7-5-14(15)17(23)21-16)18(24)12-6-8-25-10-12/h1-4,6,8,10H,5,7,9H2,(H,20,21,23). The molecule has 0 atom stereocenters. The van der Waals surface area contributed by atoms with Crippen molar-refractivity contribution in [3.05, 3.63) is 75.9 Å². The van der Waals surface area contributed by atoms with Crippen LogP contribution in [-0.4, -0.2) is 27.3 Å². The fourth-order valence-electron chi connectivity index (χ4n) is 2.93. The molecule has 1 amide bonds. The normalized spacial score (nSPS) is 13.6. The van der Waals surface area contributed by atoms with Crippen molar-refractivity contribution in [1.82, 2.24) is 14.9 Å². The highest BCUT2D eigenvalue weighted by Gasteiger charge is 2.25. The second-order valence-corrected chi connectivity index (χ2v) is 5.84. The molecule has 0 spiro atoms. The zero-order chi connectivity index (χ0) is 17.4. The van der Waals surface area contributed by atoms with Gasteiger partial charge >= 0.3 is 0 Å². The molecule has 0 unspecified atom stereocenters. The van der Waals surface area contributed by atoms with Crippen LogP contribution in [0.15, 0.2) is 52.1 Å². The third-order valence-corrected chi connectivity index (χ3v) is 4.25. The zero-order valence-corrected chi connectivity index (χ0v) is 13.2. The maximum atomic E-state index is 13.1. The van der Waals surface area contributed by atoms with Crippen molar-refractivity contribution >= 4 is 5.91 Å². The fourth-order valence-corrected chi connectivity index (χ4v) is 2.93. The quantitative estimate of drug-likeness (QED) is 0.777. The first-order valence-electron chi connectivity index (χ1n) is 7.81. The number of hydrogen-bond acceptors (Lipinski definition) is 4. The van der Waals surface area contributed by atoms with E-state index in [1.54, 1.807) is 23.1 Å². The van der Waals surface area contributed by atoms with E-state index in [-0.39, 0.29) is 23.8 Å². The van der Waals surface area contributed by atoms with E-state index in [2.05, 4.69) is 9.97 Å². The zero-order valence-electron chi connectivity index (χ0n) is 13.2. The number of fused-ring (bicyclic) bond motifs is 1. The van der Waals surface area contributed by atoms with E-state index >= 15 is 0 Å². The van der Waals surface area contributed by atoms with Crippen LogP contribution in [0.1, 0.15) is 21.6 Å². The number of carbonyl (C=O) groups is 1. The Morgan fingerprint density at radius 1 is 1.24 bits per heavy atom. The molecule has 1 aliphatic heterocycles. The lowest BCUT2D eigenvalue weighted by atomic mass is 10.1. The number of hydrogen-bond donors (Lipinski definition) is 1. The summed E-state index contributed by atoms with van der Waals surface area (Å²) < 4.78 is 18.0. The van der Waals surface area contributed by atoms with Crippen LogP contribution in [-0.2, 0) is 13.0 Å². The van der Waals surface area contributed by atoms with E-state index in [4.69, 9.17) is 4.42 Å². The molecule has 0 fully saturated rings. The number of benzene rings is 1. The van der Waals surface area contributed by atoms with Gasteiger partial charge in [-0.2, -0.15) is 0 Å². The monoisotopic (exact) mass is 339 g/mol. The highest BCUT2D eigenvalue weighted by atomic mass is 19.1. The minimum atomic E-state index is -0.360. The molecule has 0 saturated heterocycles. The maximum absolute atomic E-state index is 13.1. The fraction of sp³-hybridized carbons (Fsp3) is 0.167. The summed E-state index contributed by atoms with van der Waals surface area (Å²) in [6, 6.07) is 7.33. The van der Waals surface area contributed by atoms with Crippen molar-refractivity contribution in [2.45, 2.75) is 13.0 Å². The first kappa shape index (κ1) is 15.3. The second kappa shape index (κ2) is 6.01. The Morgan fingerprint density at radius 2 is 2.04 bits per heavy atom. The number of furan rings is 1. The van der Waals surface area contributed by atoms with Crippen molar-refractivity contribution in [2.24, 2.45) is 0 Å². The molecular formula is C18H14FN3O3. The lowest BCUT2D eigenvalue weighted by molar-refractivity contribution is 0.0730. The number of nitrogens with zero attached hydrogens (tertiary/aromatic N) is 2. The van der Waals surface area contributed by atoms with Gasteiger partial charge in [0.2, 0.25) is 0 Å². The van der Waals surface area contributed by atoms with Gasteiger partial charge in [-0.05, 0) is 36.8 Å². The van der Waals surface area contributed by atoms with Crippen LogP contribution in [0.2, 0.25) is 0 Å². The van der Waals surface area contributed by atoms with Crippen LogP contribution < -0.4 is 5.56 Å². The summed E-state index contributed by atoms with van der Waals surface area (Å²) in [6.07, 6.45) is 3.28. The molecule has 0 aliphatic carbocycles. The molecule has 0 saturated carbocycles. The van der Waals surface area contributed by atoms with Gasteiger partial charge in [0.25, 0.3) is 11.5 Å². The summed E-state index contributed by atoms with van der Waals surface area (Å²) in [7, 11) is 0. The predicted octanol–water partition coefficient (Wildman–Crippen LogP) is 2.37. The van der Waals surface area contributed by atoms with Crippen LogP contribution in [0.25, 0.3) is 11.4 Å². The highest BCUT2D eigenvalue weighted by Crippen LogP contribution is 2.20. The molecule has 1 N–H and O–H groups in total. The van der Waals surface area contributed by atoms with Crippen LogP contribution in [0.5, 0.6) is 0 Å². The molecule has 3 aromatic rings. The SMILES string of the molecule is O=C(c1ccoc1)N1CCc2c(nc(-c3ccc(F)cc3)[nH]c2=O)C1. The van der Waals surface area contributed by atoms with Crippen molar-refractivity contribution in [1.29, 1.82) is 0 Å². The van der Waals surface area contributed by atoms with Gasteiger partial charge in [0.05, 0.1) is 24.1 Å². The van der Waals surface area contributed by atoms with E-state index in [9.17, 15) is 14.0 Å². The van der Waals surface area contributed by atoms with Gasteiger partial charge in [-0.25, -0.2) is 9.37 Å². The molecule has 0 radical (unpaired) electrons. The molecule has 25 heavy (non-hydrogen) atoms.